The number of likely N-dealkylation sites (N-methyl/N-ethyl adjacent to an activating group) is 1. The van der Waals surface area contributed by atoms with Crippen LogP contribution in [0.4, 0.5) is 5.82 Å². The second kappa shape index (κ2) is 5.32. The third-order valence-corrected chi connectivity index (χ3v) is 4.12. The number of hydrogen-bond acceptors (Lipinski definition) is 5. The van der Waals surface area contributed by atoms with Crippen LogP contribution in [0.25, 0.3) is 0 Å². The number of aliphatic hydroxyl groups excluding tert-OH is 1. The maximum Gasteiger partial charge on any atom is 0.178 e. The Morgan fingerprint density at radius 1 is 1.53 bits per heavy atom. The van der Waals surface area contributed by atoms with Crippen LogP contribution in [-0.4, -0.2) is 44.5 Å². The molecule has 0 aliphatic heterocycles. The van der Waals surface area contributed by atoms with E-state index in [0.717, 1.165) is 6.26 Å². The molecule has 5 nitrogen and oxygen atoms in total. The Labute approximate surface area is 110 Å². The Morgan fingerprint density at radius 3 is 2.53 bits per heavy atom. The van der Waals surface area contributed by atoms with Gasteiger partial charge in [0.1, 0.15) is 10.4 Å². The molecule has 0 radical (unpaired) electrons. The van der Waals surface area contributed by atoms with Crippen LogP contribution in [0.5, 0.6) is 0 Å². The predicted octanol–water partition coefficient (Wildman–Crippen LogP) is 1.06. The van der Waals surface area contributed by atoms with Gasteiger partial charge in [0.05, 0.1) is 11.0 Å². The van der Waals surface area contributed by atoms with E-state index in [0.29, 0.717) is 12.4 Å². The fourth-order valence-corrected chi connectivity index (χ4v) is 3.25. The van der Waals surface area contributed by atoms with Gasteiger partial charge in [0, 0.05) is 19.8 Å². The minimum Gasteiger partial charge on any atom is -0.392 e. The largest absolute Gasteiger partial charge is 0.392 e. The Bertz CT molecular complexity index is 502. The fraction of sp³-hybridized carbons (Fsp3) is 0.500. The van der Waals surface area contributed by atoms with Gasteiger partial charge in [-0.15, -0.1) is 0 Å². The maximum absolute atomic E-state index is 11.4. The van der Waals surface area contributed by atoms with Gasteiger partial charge in [0.2, 0.25) is 0 Å². The third-order valence-electron chi connectivity index (χ3n) is 2.13. The molecule has 17 heavy (non-hydrogen) atoms. The van der Waals surface area contributed by atoms with Gasteiger partial charge in [-0.25, -0.2) is 13.4 Å². The van der Waals surface area contributed by atoms with Crippen molar-refractivity contribution >= 4 is 31.6 Å². The lowest BCUT2D eigenvalue weighted by molar-refractivity contribution is 0.201. The molecule has 1 N–H and O–H groups in total. The summed E-state index contributed by atoms with van der Waals surface area (Å²) < 4.78 is 23.1. The summed E-state index contributed by atoms with van der Waals surface area (Å²) in [6, 6.07) is 3.11. The molecule has 1 aromatic rings. The molecule has 0 saturated heterocycles. The minimum atomic E-state index is -3.28. The van der Waals surface area contributed by atoms with Gasteiger partial charge >= 0.3 is 0 Å². The first-order chi connectivity index (χ1) is 7.71. The molecular formula is C10H15BrN2O3S. The van der Waals surface area contributed by atoms with E-state index in [1.165, 1.54) is 6.07 Å². The molecule has 0 aliphatic rings. The van der Waals surface area contributed by atoms with Crippen LogP contribution in [-0.2, 0) is 9.84 Å². The standard InChI is InChI=1S/C10H15BrN2O3S/c1-7(14)6-13(2)9-5-4-8(10(11)12-9)17(3,15)16/h4-5,7,14H,6H2,1-3H3. The van der Waals surface area contributed by atoms with E-state index >= 15 is 0 Å². The topological polar surface area (TPSA) is 70.5 Å². The van der Waals surface area contributed by atoms with E-state index in [1.807, 2.05) is 0 Å². The minimum absolute atomic E-state index is 0.159. The average Bonchev–Trinajstić information content (AvgIpc) is 2.14. The van der Waals surface area contributed by atoms with Crippen molar-refractivity contribution in [2.75, 3.05) is 24.7 Å². The van der Waals surface area contributed by atoms with E-state index in [1.54, 1.807) is 24.9 Å². The van der Waals surface area contributed by atoms with Gasteiger partial charge in [-0.2, -0.15) is 0 Å². The first-order valence-electron chi connectivity index (χ1n) is 4.97. The first kappa shape index (κ1) is 14.4. The molecule has 0 spiro atoms. The average molecular weight is 323 g/mol. The number of hydrogen-bond donors (Lipinski definition) is 1. The van der Waals surface area contributed by atoms with Gasteiger partial charge < -0.3 is 10.0 Å². The zero-order chi connectivity index (χ0) is 13.2. The summed E-state index contributed by atoms with van der Waals surface area (Å²) >= 11 is 3.14. The summed E-state index contributed by atoms with van der Waals surface area (Å²) in [5, 5.41) is 9.26. The number of halogens is 1. The Hall–Kier alpha value is -0.660. The lowest BCUT2D eigenvalue weighted by atomic mass is 10.3. The molecular weight excluding hydrogens is 308 g/mol. The van der Waals surface area contributed by atoms with Crippen molar-refractivity contribution in [2.45, 2.75) is 17.9 Å². The number of anilines is 1. The van der Waals surface area contributed by atoms with Crippen LogP contribution in [0.1, 0.15) is 6.92 Å². The number of sulfone groups is 1. The van der Waals surface area contributed by atoms with Crippen LogP contribution in [0, 0.1) is 0 Å². The number of pyridine rings is 1. The van der Waals surface area contributed by atoms with Crippen molar-refractivity contribution in [3.8, 4) is 0 Å². The summed E-state index contributed by atoms with van der Waals surface area (Å²) in [5.74, 6) is 0.602. The van der Waals surface area contributed by atoms with Gasteiger partial charge in [-0.3, -0.25) is 0 Å². The lowest BCUT2D eigenvalue weighted by Crippen LogP contribution is -2.27. The van der Waals surface area contributed by atoms with E-state index in [9.17, 15) is 13.5 Å². The van der Waals surface area contributed by atoms with Gasteiger partial charge in [-0.1, -0.05) is 0 Å². The number of nitrogens with zero attached hydrogens (tertiary/aromatic N) is 2. The molecule has 1 aromatic heterocycles. The zero-order valence-electron chi connectivity index (χ0n) is 9.88. The molecule has 1 rings (SSSR count). The molecule has 0 aliphatic carbocycles. The van der Waals surface area contributed by atoms with Crippen LogP contribution in [0.15, 0.2) is 21.6 Å². The lowest BCUT2D eigenvalue weighted by Gasteiger charge is -2.20. The quantitative estimate of drug-likeness (QED) is 0.839. The molecule has 0 aromatic carbocycles. The first-order valence-corrected chi connectivity index (χ1v) is 7.66. The molecule has 7 heteroatoms. The molecule has 96 valence electrons. The normalized spacial score (nSPS) is 13.5. The Kier molecular flexibility index (Phi) is 4.51. The molecule has 0 fully saturated rings. The van der Waals surface area contributed by atoms with E-state index < -0.39 is 15.9 Å². The molecule has 0 amide bonds. The van der Waals surface area contributed by atoms with Crippen LogP contribution >= 0.6 is 15.9 Å². The summed E-state index contributed by atoms with van der Waals surface area (Å²) in [6.45, 7) is 2.11. The van der Waals surface area contributed by atoms with Crippen molar-refractivity contribution in [1.82, 2.24) is 4.98 Å². The molecule has 0 saturated carbocycles. The molecule has 1 atom stereocenters. The van der Waals surface area contributed by atoms with Crippen molar-refractivity contribution in [3.05, 3.63) is 16.7 Å². The molecule has 1 unspecified atom stereocenters. The van der Waals surface area contributed by atoms with Gasteiger partial charge in [-0.05, 0) is 35.0 Å². The SMILES string of the molecule is CC(O)CN(C)c1ccc(S(C)(=O)=O)c(Br)n1. The van der Waals surface area contributed by atoms with E-state index in [4.69, 9.17) is 0 Å². The van der Waals surface area contributed by atoms with Crippen LogP contribution in [0.3, 0.4) is 0 Å². The third kappa shape index (κ3) is 3.93. The summed E-state index contributed by atoms with van der Waals surface area (Å²) in [4.78, 5) is 6.06. The number of aliphatic hydroxyl groups is 1. The highest BCUT2D eigenvalue weighted by Crippen LogP contribution is 2.23. The second-order valence-corrected chi connectivity index (χ2v) is 6.70. The van der Waals surface area contributed by atoms with Crippen LogP contribution < -0.4 is 4.90 Å². The van der Waals surface area contributed by atoms with Crippen molar-refractivity contribution in [1.29, 1.82) is 0 Å². The van der Waals surface area contributed by atoms with Crippen LogP contribution in [0.2, 0.25) is 0 Å². The highest BCUT2D eigenvalue weighted by atomic mass is 79.9. The van der Waals surface area contributed by atoms with E-state index in [-0.39, 0.29) is 9.50 Å². The second-order valence-electron chi connectivity index (χ2n) is 3.96. The summed E-state index contributed by atoms with van der Waals surface area (Å²) in [6.07, 6.45) is 0.656. The maximum atomic E-state index is 11.4. The zero-order valence-corrected chi connectivity index (χ0v) is 12.3. The molecule has 0 bridgehead atoms. The number of rotatable bonds is 4. The highest BCUT2D eigenvalue weighted by molar-refractivity contribution is 9.10. The highest BCUT2D eigenvalue weighted by Gasteiger charge is 2.15. The smallest absolute Gasteiger partial charge is 0.178 e. The summed E-state index contributed by atoms with van der Waals surface area (Å²) in [5.41, 5.74) is 0. The monoisotopic (exact) mass is 322 g/mol. The summed E-state index contributed by atoms with van der Waals surface area (Å²) in [7, 11) is -1.50. The Morgan fingerprint density at radius 2 is 2.12 bits per heavy atom. The van der Waals surface area contributed by atoms with Gasteiger partial charge in [0.25, 0.3) is 0 Å². The molecule has 1 heterocycles. The predicted molar refractivity (Wildman–Crippen MR) is 70.0 cm³/mol. The van der Waals surface area contributed by atoms with E-state index in [2.05, 4.69) is 20.9 Å². The van der Waals surface area contributed by atoms with Crippen molar-refractivity contribution < 1.29 is 13.5 Å². The Balaban J connectivity index is 3.05. The fourth-order valence-electron chi connectivity index (χ4n) is 1.39. The van der Waals surface area contributed by atoms with Crippen molar-refractivity contribution in [2.24, 2.45) is 0 Å². The number of aromatic nitrogens is 1. The van der Waals surface area contributed by atoms with Crippen molar-refractivity contribution in [3.63, 3.8) is 0 Å². The van der Waals surface area contributed by atoms with Gasteiger partial charge in [0.15, 0.2) is 9.84 Å².